The van der Waals surface area contributed by atoms with Gasteiger partial charge in [0.25, 0.3) is 0 Å². The van der Waals surface area contributed by atoms with E-state index in [2.05, 4.69) is 29.1 Å². The van der Waals surface area contributed by atoms with Crippen molar-refractivity contribution in [3.8, 4) is 0 Å². The van der Waals surface area contributed by atoms with Gasteiger partial charge < -0.3 is 4.74 Å². The van der Waals surface area contributed by atoms with Crippen molar-refractivity contribution in [2.45, 2.75) is 0 Å². The molecule has 0 N–H and O–H groups in total. The summed E-state index contributed by atoms with van der Waals surface area (Å²) in [5.41, 5.74) is 0.998. The first-order valence-electron chi connectivity index (χ1n) is 2.85. The quantitative estimate of drug-likeness (QED) is 0.387. The lowest BCUT2D eigenvalue weighted by Gasteiger charge is -1.95. The van der Waals surface area contributed by atoms with Gasteiger partial charge in [-0.25, -0.2) is 0 Å². The molecule has 0 rings (SSSR count). The zero-order valence-electron chi connectivity index (χ0n) is 6.06. The zero-order chi connectivity index (χ0) is 7.98. The minimum Gasteiger partial charge on any atom is -0.497 e. The van der Waals surface area contributed by atoms with Gasteiger partial charge in [-0.1, -0.05) is 35.2 Å². The minimum atomic E-state index is 0.641. The maximum atomic E-state index is 4.81. The van der Waals surface area contributed by atoms with Crippen molar-refractivity contribution in [2.75, 3.05) is 12.4 Å². The molecule has 0 aliphatic rings. The molecule has 0 fully saturated rings. The van der Waals surface area contributed by atoms with Crippen molar-refractivity contribution in [1.29, 1.82) is 0 Å². The van der Waals surface area contributed by atoms with Crippen molar-refractivity contribution < 1.29 is 4.74 Å². The number of methoxy groups -OCH3 is 1. The smallest absolute Gasteiger partial charge is 0.111 e. The molecule has 0 aromatic rings. The van der Waals surface area contributed by atoms with E-state index in [1.807, 2.05) is 6.08 Å². The van der Waals surface area contributed by atoms with Gasteiger partial charge in [0.1, 0.15) is 5.76 Å². The average molecular weight is 203 g/mol. The third kappa shape index (κ3) is 4.39. The summed E-state index contributed by atoms with van der Waals surface area (Å²) in [6.45, 7) is 7.36. The van der Waals surface area contributed by atoms with E-state index in [9.17, 15) is 0 Å². The average Bonchev–Trinajstić information content (AvgIpc) is 1.99. The Morgan fingerprint density at radius 1 is 1.50 bits per heavy atom. The van der Waals surface area contributed by atoms with E-state index in [-0.39, 0.29) is 0 Å². The van der Waals surface area contributed by atoms with Crippen LogP contribution in [0.4, 0.5) is 0 Å². The van der Waals surface area contributed by atoms with Gasteiger partial charge in [0, 0.05) is 5.33 Å². The van der Waals surface area contributed by atoms with Crippen LogP contribution in [0.15, 0.2) is 36.6 Å². The highest BCUT2D eigenvalue weighted by molar-refractivity contribution is 9.09. The van der Waals surface area contributed by atoms with E-state index in [4.69, 9.17) is 4.74 Å². The highest BCUT2D eigenvalue weighted by Gasteiger charge is 1.84. The van der Waals surface area contributed by atoms with Crippen LogP contribution >= 0.6 is 15.9 Å². The second kappa shape index (κ2) is 5.30. The molecule has 0 atom stereocenters. The first-order valence-corrected chi connectivity index (χ1v) is 3.97. The Morgan fingerprint density at radius 2 is 2.10 bits per heavy atom. The molecule has 0 saturated carbocycles. The number of halogens is 1. The van der Waals surface area contributed by atoms with E-state index < -0.39 is 0 Å². The van der Waals surface area contributed by atoms with Gasteiger partial charge >= 0.3 is 0 Å². The summed E-state index contributed by atoms with van der Waals surface area (Å²) < 4.78 is 4.81. The fourth-order valence-electron chi connectivity index (χ4n) is 0.323. The summed E-state index contributed by atoms with van der Waals surface area (Å²) in [7, 11) is 1.59. The monoisotopic (exact) mass is 202 g/mol. The van der Waals surface area contributed by atoms with Crippen LogP contribution in [0.25, 0.3) is 0 Å². The maximum absolute atomic E-state index is 4.81. The summed E-state index contributed by atoms with van der Waals surface area (Å²) in [6, 6.07) is 0. The van der Waals surface area contributed by atoms with Gasteiger partial charge in [0.15, 0.2) is 0 Å². The Kier molecular flexibility index (Phi) is 5.03. The summed E-state index contributed by atoms with van der Waals surface area (Å²) in [5, 5.41) is 0.778. The molecule has 0 unspecified atom stereocenters. The van der Waals surface area contributed by atoms with Crippen molar-refractivity contribution in [2.24, 2.45) is 0 Å². The van der Waals surface area contributed by atoms with Crippen molar-refractivity contribution in [3.05, 3.63) is 36.6 Å². The molecule has 0 aromatic heterocycles. The van der Waals surface area contributed by atoms with Crippen molar-refractivity contribution >= 4 is 15.9 Å². The number of hydrogen-bond donors (Lipinski definition) is 0. The SMILES string of the molecule is C=C(/C=C\C(=C)OC)CBr. The van der Waals surface area contributed by atoms with Gasteiger partial charge in [-0.15, -0.1) is 0 Å². The number of ether oxygens (including phenoxy) is 1. The molecule has 0 heterocycles. The van der Waals surface area contributed by atoms with Gasteiger partial charge in [0.05, 0.1) is 7.11 Å². The fraction of sp³-hybridized carbons (Fsp3) is 0.250. The lowest BCUT2D eigenvalue weighted by molar-refractivity contribution is 0.309. The van der Waals surface area contributed by atoms with Crippen molar-refractivity contribution in [1.82, 2.24) is 0 Å². The fourth-order valence-corrected chi connectivity index (χ4v) is 0.510. The van der Waals surface area contributed by atoms with Gasteiger partial charge in [0.2, 0.25) is 0 Å². The predicted molar refractivity (Wildman–Crippen MR) is 48.2 cm³/mol. The molecule has 56 valence electrons. The Balaban J connectivity index is 3.75. The third-order valence-corrected chi connectivity index (χ3v) is 1.66. The minimum absolute atomic E-state index is 0.641. The van der Waals surface area contributed by atoms with E-state index in [1.54, 1.807) is 13.2 Å². The number of rotatable bonds is 4. The van der Waals surface area contributed by atoms with Crippen LogP contribution in [0.1, 0.15) is 0 Å². The second-order valence-corrected chi connectivity index (χ2v) is 2.36. The van der Waals surface area contributed by atoms with E-state index in [0.717, 1.165) is 10.9 Å². The van der Waals surface area contributed by atoms with Crippen LogP contribution in [-0.4, -0.2) is 12.4 Å². The zero-order valence-corrected chi connectivity index (χ0v) is 7.65. The van der Waals surface area contributed by atoms with Crippen LogP contribution in [0.3, 0.4) is 0 Å². The molecule has 1 nitrogen and oxygen atoms in total. The number of hydrogen-bond acceptors (Lipinski definition) is 1. The van der Waals surface area contributed by atoms with E-state index >= 15 is 0 Å². The first-order chi connectivity index (χ1) is 4.70. The van der Waals surface area contributed by atoms with Crippen LogP contribution in [-0.2, 0) is 4.74 Å². The highest BCUT2D eigenvalue weighted by Crippen LogP contribution is 2.00. The number of allylic oxidation sites excluding steroid dienone is 3. The highest BCUT2D eigenvalue weighted by atomic mass is 79.9. The normalized spacial score (nSPS) is 9.80. The Labute approximate surface area is 70.2 Å². The van der Waals surface area contributed by atoms with Crippen LogP contribution < -0.4 is 0 Å². The Bertz CT molecular complexity index is 141. The summed E-state index contributed by atoms with van der Waals surface area (Å²) in [5.74, 6) is 0.641. The maximum Gasteiger partial charge on any atom is 0.111 e. The molecule has 0 saturated heterocycles. The van der Waals surface area contributed by atoms with Gasteiger partial charge in [-0.2, -0.15) is 0 Å². The van der Waals surface area contributed by atoms with Crippen LogP contribution in [0.2, 0.25) is 0 Å². The molecular weight excluding hydrogens is 192 g/mol. The summed E-state index contributed by atoms with van der Waals surface area (Å²) in [6.07, 6.45) is 3.64. The standard InChI is InChI=1S/C8H11BrO/c1-7(6-9)4-5-8(2)10-3/h4-5H,1-2,6H2,3H3/b5-4-. The van der Waals surface area contributed by atoms with Crippen LogP contribution in [0, 0.1) is 0 Å². The molecular formula is C8H11BrO. The Morgan fingerprint density at radius 3 is 2.50 bits per heavy atom. The second-order valence-electron chi connectivity index (χ2n) is 1.80. The largest absolute Gasteiger partial charge is 0.497 e. The lowest BCUT2D eigenvalue weighted by atomic mass is 10.3. The third-order valence-electron chi connectivity index (χ3n) is 0.939. The molecule has 0 aliphatic carbocycles. The lowest BCUT2D eigenvalue weighted by Crippen LogP contribution is -1.79. The summed E-state index contributed by atoms with van der Waals surface area (Å²) in [4.78, 5) is 0. The summed E-state index contributed by atoms with van der Waals surface area (Å²) >= 11 is 3.27. The predicted octanol–water partition coefficient (Wildman–Crippen LogP) is 2.65. The van der Waals surface area contributed by atoms with E-state index in [0.29, 0.717) is 5.76 Å². The van der Waals surface area contributed by atoms with Gasteiger partial charge in [-0.05, 0) is 11.6 Å². The molecule has 0 radical (unpaired) electrons. The first kappa shape index (κ1) is 9.50. The molecule has 10 heavy (non-hydrogen) atoms. The molecule has 0 aromatic carbocycles. The van der Waals surface area contributed by atoms with E-state index in [1.165, 1.54) is 0 Å². The van der Waals surface area contributed by atoms with Crippen LogP contribution in [0.5, 0.6) is 0 Å². The number of alkyl halides is 1. The Hall–Kier alpha value is -0.500. The molecule has 0 spiro atoms. The molecule has 0 aliphatic heterocycles. The molecule has 2 heteroatoms. The van der Waals surface area contributed by atoms with Crippen molar-refractivity contribution in [3.63, 3.8) is 0 Å². The van der Waals surface area contributed by atoms with Gasteiger partial charge in [-0.3, -0.25) is 0 Å². The molecule has 0 amide bonds. The molecule has 0 bridgehead atoms. The topological polar surface area (TPSA) is 9.23 Å².